The Morgan fingerprint density at radius 3 is 2.57 bits per heavy atom. The van der Waals surface area contributed by atoms with Crippen molar-refractivity contribution in [1.82, 2.24) is 4.98 Å². The van der Waals surface area contributed by atoms with Gasteiger partial charge in [-0.1, -0.05) is 11.6 Å². The second kappa shape index (κ2) is 5.80. The van der Waals surface area contributed by atoms with E-state index < -0.39 is 11.9 Å². The number of primary amides is 1. The molecule has 108 valence electrons. The predicted molar refractivity (Wildman–Crippen MR) is 79.2 cm³/mol. The molecule has 0 fully saturated rings. The molecule has 1 aromatic carbocycles. The first-order valence-electron chi connectivity index (χ1n) is 5.96. The van der Waals surface area contributed by atoms with Crippen molar-refractivity contribution in [3.8, 4) is 0 Å². The molecule has 0 saturated heterocycles. The lowest BCUT2D eigenvalue weighted by Gasteiger charge is -2.11. The van der Waals surface area contributed by atoms with Crippen LogP contribution < -0.4 is 11.1 Å². The van der Waals surface area contributed by atoms with Crippen LogP contribution in [0.3, 0.4) is 0 Å². The minimum atomic E-state index is -1.07. The highest BCUT2D eigenvalue weighted by Crippen LogP contribution is 2.27. The van der Waals surface area contributed by atoms with Gasteiger partial charge in [0.15, 0.2) is 0 Å². The summed E-state index contributed by atoms with van der Waals surface area (Å²) < 4.78 is 0. The summed E-state index contributed by atoms with van der Waals surface area (Å²) in [6.07, 6.45) is 0. The SMILES string of the molecule is Cc1ccc(C(N)=O)c(Nc2ccc(C(=O)O)cc2Cl)n1. The number of carbonyl (C=O) groups is 2. The Balaban J connectivity index is 2.40. The average Bonchev–Trinajstić information content (AvgIpc) is 2.40. The van der Waals surface area contributed by atoms with E-state index in [0.717, 1.165) is 0 Å². The molecule has 0 aliphatic rings. The van der Waals surface area contributed by atoms with Crippen LogP contribution in [-0.2, 0) is 0 Å². The quantitative estimate of drug-likeness (QED) is 0.805. The molecule has 1 heterocycles. The number of carboxylic acid groups (broad SMARTS) is 1. The molecular formula is C14H12ClN3O3. The van der Waals surface area contributed by atoms with Crippen LogP contribution in [0.4, 0.5) is 11.5 Å². The summed E-state index contributed by atoms with van der Waals surface area (Å²) in [5.41, 5.74) is 6.71. The zero-order valence-electron chi connectivity index (χ0n) is 11.1. The Kier molecular flexibility index (Phi) is 4.09. The van der Waals surface area contributed by atoms with Crippen molar-refractivity contribution in [3.63, 3.8) is 0 Å². The fourth-order valence-electron chi connectivity index (χ4n) is 1.73. The maximum atomic E-state index is 11.4. The van der Waals surface area contributed by atoms with Gasteiger partial charge >= 0.3 is 5.97 Å². The summed E-state index contributed by atoms with van der Waals surface area (Å²) in [5.74, 6) is -1.43. The first-order chi connectivity index (χ1) is 9.88. The standard InChI is InChI=1S/C14H12ClN3O3/c1-7-2-4-9(12(16)19)13(17-7)18-11-5-3-8(14(20)21)6-10(11)15/h2-6H,1H3,(H2,16,19)(H,17,18)(H,20,21). The van der Waals surface area contributed by atoms with Crippen molar-refractivity contribution in [3.05, 3.63) is 52.2 Å². The number of aromatic nitrogens is 1. The molecule has 0 spiro atoms. The number of nitrogens with one attached hydrogen (secondary N) is 1. The molecule has 0 bridgehead atoms. The van der Waals surface area contributed by atoms with Crippen molar-refractivity contribution in [2.24, 2.45) is 5.73 Å². The van der Waals surface area contributed by atoms with Crippen molar-refractivity contribution >= 4 is 35.0 Å². The fourth-order valence-corrected chi connectivity index (χ4v) is 1.96. The lowest BCUT2D eigenvalue weighted by molar-refractivity contribution is 0.0696. The van der Waals surface area contributed by atoms with E-state index in [1.165, 1.54) is 18.2 Å². The number of hydrogen-bond acceptors (Lipinski definition) is 4. The number of carboxylic acids is 1. The van der Waals surface area contributed by atoms with Crippen LogP contribution in [0, 0.1) is 6.92 Å². The monoisotopic (exact) mass is 305 g/mol. The number of pyridine rings is 1. The van der Waals surface area contributed by atoms with E-state index >= 15 is 0 Å². The Hall–Kier alpha value is -2.60. The van der Waals surface area contributed by atoms with E-state index in [1.54, 1.807) is 19.1 Å². The lowest BCUT2D eigenvalue weighted by Crippen LogP contribution is -2.14. The number of benzene rings is 1. The number of carbonyl (C=O) groups excluding carboxylic acids is 1. The van der Waals surface area contributed by atoms with Gasteiger partial charge in [-0.25, -0.2) is 9.78 Å². The van der Waals surface area contributed by atoms with Gasteiger partial charge in [-0.15, -0.1) is 0 Å². The number of anilines is 2. The molecule has 6 nitrogen and oxygen atoms in total. The summed E-state index contributed by atoms with van der Waals surface area (Å²) in [6, 6.07) is 7.44. The molecule has 0 saturated carbocycles. The molecule has 21 heavy (non-hydrogen) atoms. The number of aromatic carboxylic acids is 1. The maximum Gasteiger partial charge on any atom is 0.335 e. The zero-order chi connectivity index (χ0) is 15.6. The molecule has 0 aliphatic heterocycles. The smallest absolute Gasteiger partial charge is 0.335 e. The van der Waals surface area contributed by atoms with E-state index in [4.69, 9.17) is 22.4 Å². The molecule has 1 amide bonds. The van der Waals surface area contributed by atoms with Gasteiger partial charge in [-0.2, -0.15) is 0 Å². The number of nitrogens with zero attached hydrogens (tertiary/aromatic N) is 1. The molecule has 7 heteroatoms. The van der Waals surface area contributed by atoms with Crippen molar-refractivity contribution in [1.29, 1.82) is 0 Å². The van der Waals surface area contributed by atoms with E-state index in [2.05, 4.69) is 10.3 Å². The van der Waals surface area contributed by atoms with Crippen LogP contribution in [0.15, 0.2) is 30.3 Å². The van der Waals surface area contributed by atoms with Crippen LogP contribution in [0.2, 0.25) is 5.02 Å². The summed E-state index contributed by atoms with van der Waals surface area (Å²) in [4.78, 5) is 26.4. The lowest BCUT2D eigenvalue weighted by atomic mass is 10.2. The van der Waals surface area contributed by atoms with E-state index in [-0.39, 0.29) is 22.0 Å². The maximum absolute atomic E-state index is 11.4. The topological polar surface area (TPSA) is 105 Å². The number of halogens is 1. The van der Waals surface area contributed by atoms with Crippen molar-refractivity contribution in [2.75, 3.05) is 5.32 Å². The normalized spacial score (nSPS) is 10.2. The third-order valence-electron chi connectivity index (χ3n) is 2.77. The van der Waals surface area contributed by atoms with Crippen molar-refractivity contribution < 1.29 is 14.7 Å². The second-order valence-electron chi connectivity index (χ2n) is 4.34. The number of nitrogens with two attached hydrogens (primary N) is 1. The van der Waals surface area contributed by atoms with Crippen LogP contribution >= 0.6 is 11.6 Å². The van der Waals surface area contributed by atoms with Crippen molar-refractivity contribution in [2.45, 2.75) is 6.92 Å². The second-order valence-corrected chi connectivity index (χ2v) is 4.75. The summed E-state index contributed by atoms with van der Waals surface area (Å²) in [6.45, 7) is 1.77. The molecule has 0 radical (unpaired) electrons. The summed E-state index contributed by atoms with van der Waals surface area (Å²) in [5, 5.41) is 12.0. The van der Waals surface area contributed by atoms with Gasteiger partial charge in [-0.3, -0.25) is 4.79 Å². The highest BCUT2D eigenvalue weighted by atomic mass is 35.5. The number of aryl methyl sites for hydroxylation is 1. The van der Waals surface area contributed by atoms with E-state index in [1.807, 2.05) is 0 Å². The van der Waals surface area contributed by atoms with Gasteiger partial charge in [0.05, 0.1) is 21.8 Å². The largest absolute Gasteiger partial charge is 0.478 e. The average molecular weight is 306 g/mol. The predicted octanol–water partition coefficient (Wildman–Crippen LogP) is 2.58. The molecule has 4 N–H and O–H groups in total. The van der Waals surface area contributed by atoms with E-state index in [0.29, 0.717) is 11.4 Å². The van der Waals surface area contributed by atoms with Crippen LogP contribution in [0.5, 0.6) is 0 Å². The minimum absolute atomic E-state index is 0.0675. The van der Waals surface area contributed by atoms with Gasteiger partial charge < -0.3 is 16.2 Å². The third-order valence-corrected chi connectivity index (χ3v) is 3.08. The minimum Gasteiger partial charge on any atom is -0.478 e. The third kappa shape index (κ3) is 3.29. The first kappa shape index (κ1) is 14.8. The first-order valence-corrected chi connectivity index (χ1v) is 6.33. The fraction of sp³-hybridized carbons (Fsp3) is 0.0714. The van der Waals surface area contributed by atoms with Gasteiger partial charge in [0.2, 0.25) is 0 Å². The van der Waals surface area contributed by atoms with Gasteiger partial charge in [0.25, 0.3) is 5.91 Å². The Morgan fingerprint density at radius 1 is 1.29 bits per heavy atom. The number of hydrogen-bond donors (Lipinski definition) is 3. The molecular weight excluding hydrogens is 294 g/mol. The van der Waals surface area contributed by atoms with E-state index in [9.17, 15) is 9.59 Å². The van der Waals surface area contributed by atoms with Crippen LogP contribution in [0.25, 0.3) is 0 Å². The zero-order valence-corrected chi connectivity index (χ0v) is 11.8. The molecule has 2 rings (SSSR count). The molecule has 1 aromatic heterocycles. The van der Waals surface area contributed by atoms with Crippen LogP contribution in [-0.4, -0.2) is 22.0 Å². The molecule has 0 atom stereocenters. The highest BCUT2D eigenvalue weighted by Gasteiger charge is 2.13. The van der Waals surface area contributed by atoms with Gasteiger partial charge in [0, 0.05) is 5.69 Å². The Labute approximate surface area is 125 Å². The summed E-state index contributed by atoms with van der Waals surface area (Å²) in [7, 11) is 0. The number of amides is 1. The van der Waals surface area contributed by atoms with Gasteiger partial charge in [-0.05, 0) is 37.3 Å². The molecule has 0 unspecified atom stereocenters. The van der Waals surface area contributed by atoms with Crippen LogP contribution in [0.1, 0.15) is 26.4 Å². The summed E-state index contributed by atoms with van der Waals surface area (Å²) >= 11 is 6.03. The number of rotatable bonds is 4. The Bertz CT molecular complexity index is 731. The Morgan fingerprint density at radius 2 is 2.00 bits per heavy atom. The molecule has 2 aromatic rings. The highest BCUT2D eigenvalue weighted by molar-refractivity contribution is 6.33. The van der Waals surface area contributed by atoms with Gasteiger partial charge in [0.1, 0.15) is 5.82 Å². The molecule has 0 aliphatic carbocycles.